The van der Waals surface area contributed by atoms with E-state index < -0.39 is 0 Å². The second-order valence-corrected chi connectivity index (χ2v) is 8.41. The van der Waals surface area contributed by atoms with Crippen LogP contribution in [0.4, 0.5) is 0 Å². The van der Waals surface area contributed by atoms with Gasteiger partial charge in [0.2, 0.25) is 0 Å². The number of piperidine rings is 1. The summed E-state index contributed by atoms with van der Waals surface area (Å²) in [7, 11) is 0. The van der Waals surface area contributed by atoms with Crippen molar-refractivity contribution in [2.75, 3.05) is 13.1 Å². The van der Waals surface area contributed by atoms with Gasteiger partial charge >= 0.3 is 0 Å². The highest BCUT2D eigenvalue weighted by atomic mass is 79.9. The van der Waals surface area contributed by atoms with Gasteiger partial charge in [0.05, 0.1) is 0 Å². The fourth-order valence-electron chi connectivity index (χ4n) is 3.30. The summed E-state index contributed by atoms with van der Waals surface area (Å²) in [4.78, 5) is 2.60. The Morgan fingerprint density at radius 3 is 2.81 bits per heavy atom. The summed E-state index contributed by atoms with van der Waals surface area (Å²) in [5.74, 6) is 0. The topological polar surface area (TPSA) is 15.3 Å². The minimum absolute atomic E-state index is 0.471. The molecule has 2 fully saturated rings. The maximum absolute atomic E-state index is 3.77. The van der Waals surface area contributed by atoms with Gasteiger partial charge in [-0.05, 0) is 54.8 Å². The monoisotopic (exact) mass is 350 g/mol. The molecule has 0 unspecified atom stereocenters. The van der Waals surface area contributed by atoms with E-state index in [-0.39, 0.29) is 0 Å². The Labute approximate surface area is 137 Å². The zero-order valence-corrected chi connectivity index (χ0v) is 14.9. The predicted octanol–water partition coefficient (Wildman–Crippen LogP) is 4.32. The van der Waals surface area contributed by atoms with Gasteiger partial charge in [-0.3, -0.25) is 4.90 Å². The number of likely N-dealkylation sites (tertiary alicyclic amines) is 1. The Kier molecular flexibility index (Phi) is 4.72. The highest BCUT2D eigenvalue weighted by molar-refractivity contribution is 9.10. The predicted molar refractivity (Wildman–Crippen MR) is 92.3 cm³/mol. The van der Waals surface area contributed by atoms with Crippen molar-refractivity contribution in [3.63, 3.8) is 0 Å². The SMILES string of the molecule is CC1(C)CCCN(Cc2ccc(CNC3CC3)cc2Br)C1. The number of benzene rings is 1. The average Bonchev–Trinajstić information content (AvgIpc) is 3.22. The molecule has 0 atom stereocenters. The van der Waals surface area contributed by atoms with Gasteiger partial charge < -0.3 is 5.32 Å². The molecule has 3 heteroatoms. The van der Waals surface area contributed by atoms with Gasteiger partial charge in [0.25, 0.3) is 0 Å². The third-order valence-corrected chi connectivity index (χ3v) is 5.40. The van der Waals surface area contributed by atoms with Gasteiger partial charge in [0, 0.05) is 30.1 Å². The third kappa shape index (κ3) is 4.54. The maximum atomic E-state index is 3.77. The lowest BCUT2D eigenvalue weighted by Gasteiger charge is -2.38. The van der Waals surface area contributed by atoms with Gasteiger partial charge in [-0.15, -0.1) is 0 Å². The van der Waals surface area contributed by atoms with Crippen molar-refractivity contribution in [3.8, 4) is 0 Å². The summed E-state index contributed by atoms with van der Waals surface area (Å²) in [6.45, 7) is 9.30. The molecule has 0 aromatic heterocycles. The van der Waals surface area contributed by atoms with Gasteiger partial charge in [0.15, 0.2) is 0 Å². The minimum atomic E-state index is 0.471. The number of hydrogen-bond acceptors (Lipinski definition) is 2. The number of halogens is 1. The maximum Gasteiger partial charge on any atom is 0.0245 e. The normalized spacial score (nSPS) is 22.4. The fraction of sp³-hybridized carbons (Fsp3) is 0.667. The van der Waals surface area contributed by atoms with Crippen molar-refractivity contribution in [1.29, 1.82) is 0 Å². The first-order valence-electron chi connectivity index (χ1n) is 8.25. The molecule has 3 rings (SSSR count). The van der Waals surface area contributed by atoms with Crippen molar-refractivity contribution in [2.24, 2.45) is 5.41 Å². The number of hydrogen-bond donors (Lipinski definition) is 1. The van der Waals surface area contributed by atoms with Crippen LogP contribution in [-0.4, -0.2) is 24.0 Å². The van der Waals surface area contributed by atoms with E-state index >= 15 is 0 Å². The first kappa shape index (κ1) is 15.5. The molecular formula is C18H27BrN2. The van der Waals surface area contributed by atoms with E-state index in [0.29, 0.717) is 5.41 Å². The van der Waals surface area contributed by atoms with Gasteiger partial charge in [-0.25, -0.2) is 0 Å². The molecule has 0 radical (unpaired) electrons. The zero-order chi connectivity index (χ0) is 14.9. The molecule has 1 N–H and O–H groups in total. The standard InChI is InChI=1S/C18H27BrN2/c1-18(2)8-3-9-21(13-18)12-15-5-4-14(10-17(15)19)11-20-16-6-7-16/h4-5,10,16,20H,3,6-9,11-13H2,1-2H3. The molecule has 1 heterocycles. The van der Waals surface area contributed by atoms with Crippen LogP contribution in [0.1, 0.15) is 50.7 Å². The molecule has 1 saturated carbocycles. The van der Waals surface area contributed by atoms with E-state index in [9.17, 15) is 0 Å². The lowest BCUT2D eigenvalue weighted by molar-refractivity contribution is 0.111. The summed E-state index contributed by atoms with van der Waals surface area (Å²) in [6.07, 6.45) is 5.39. The Morgan fingerprint density at radius 2 is 2.14 bits per heavy atom. The molecule has 1 aliphatic carbocycles. The van der Waals surface area contributed by atoms with Crippen molar-refractivity contribution in [3.05, 3.63) is 33.8 Å². The van der Waals surface area contributed by atoms with E-state index in [0.717, 1.165) is 19.1 Å². The van der Waals surface area contributed by atoms with Crippen LogP contribution in [0.25, 0.3) is 0 Å². The van der Waals surface area contributed by atoms with Crippen LogP contribution < -0.4 is 5.32 Å². The molecular weight excluding hydrogens is 324 g/mol. The smallest absolute Gasteiger partial charge is 0.0245 e. The molecule has 0 amide bonds. The molecule has 116 valence electrons. The molecule has 0 spiro atoms. The lowest BCUT2D eigenvalue weighted by Crippen LogP contribution is -2.39. The van der Waals surface area contributed by atoms with Gasteiger partial charge in [-0.1, -0.05) is 41.9 Å². The number of nitrogens with one attached hydrogen (secondary N) is 1. The summed E-state index contributed by atoms with van der Waals surface area (Å²) in [6, 6.07) is 7.65. The molecule has 21 heavy (non-hydrogen) atoms. The Hall–Kier alpha value is -0.380. The van der Waals surface area contributed by atoms with Crippen LogP contribution in [0, 0.1) is 5.41 Å². The molecule has 0 bridgehead atoms. The fourth-order valence-corrected chi connectivity index (χ4v) is 3.85. The van der Waals surface area contributed by atoms with Gasteiger partial charge in [-0.2, -0.15) is 0 Å². The Bertz CT molecular complexity index is 494. The molecule has 1 aliphatic heterocycles. The van der Waals surface area contributed by atoms with Crippen LogP contribution in [0.5, 0.6) is 0 Å². The molecule has 2 nitrogen and oxygen atoms in total. The summed E-state index contributed by atoms with van der Waals surface area (Å²) >= 11 is 3.77. The Balaban J connectivity index is 1.59. The average molecular weight is 351 g/mol. The highest BCUT2D eigenvalue weighted by Gasteiger charge is 2.26. The second kappa shape index (κ2) is 6.39. The van der Waals surface area contributed by atoms with Gasteiger partial charge in [0.1, 0.15) is 0 Å². The summed E-state index contributed by atoms with van der Waals surface area (Å²) in [5.41, 5.74) is 3.28. The molecule has 1 aromatic rings. The van der Waals surface area contributed by atoms with E-state index in [1.807, 2.05) is 0 Å². The zero-order valence-electron chi connectivity index (χ0n) is 13.3. The van der Waals surface area contributed by atoms with Crippen molar-refractivity contribution in [1.82, 2.24) is 10.2 Å². The first-order chi connectivity index (χ1) is 10.0. The van der Waals surface area contributed by atoms with Crippen LogP contribution in [0.15, 0.2) is 22.7 Å². The number of nitrogens with zero attached hydrogens (tertiary/aromatic N) is 1. The van der Waals surface area contributed by atoms with E-state index in [4.69, 9.17) is 0 Å². The van der Waals surface area contributed by atoms with Crippen LogP contribution >= 0.6 is 15.9 Å². The highest BCUT2D eigenvalue weighted by Crippen LogP contribution is 2.30. The quantitative estimate of drug-likeness (QED) is 0.850. The van der Waals surface area contributed by atoms with Crippen molar-refractivity contribution >= 4 is 15.9 Å². The summed E-state index contributed by atoms with van der Waals surface area (Å²) < 4.78 is 1.26. The van der Waals surface area contributed by atoms with Crippen LogP contribution in [0.2, 0.25) is 0 Å². The van der Waals surface area contributed by atoms with E-state index in [2.05, 4.69) is 58.2 Å². The van der Waals surface area contributed by atoms with Crippen LogP contribution in [0.3, 0.4) is 0 Å². The minimum Gasteiger partial charge on any atom is -0.310 e. The first-order valence-corrected chi connectivity index (χ1v) is 9.04. The van der Waals surface area contributed by atoms with Crippen LogP contribution in [-0.2, 0) is 13.1 Å². The third-order valence-electron chi connectivity index (χ3n) is 4.66. The number of rotatable bonds is 5. The second-order valence-electron chi connectivity index (χ2n) is 7.56. The molecule has 2 aliphatic rings. The lowest BCUT2D eigenvalue weighted by atomic mass is 9.84. The largest absolute Gasteiger partial charge is 0.310 e. The van der Waals surface area contributed by atoms with Crippen molar-refractivity contribution in [2.45, 2.75) is 58.7 Å². The Morgan fingerprint density at radius 1 is 1.33 bits per heavy atom. The van der Waals surface area contributed by atoms with E-state index in [1.54, 1.807) is 0 Å². The van der Waals surface area contributed by atoms with E-state index in [1.165, 1.54) is 54.4 Å². The molecule has 1 saturated heterocycles. The summed E-state index contributed by atoms with van der Waals surface area (Å²) in [5, 5.41) is 3.58. The molecule has 1 aromatic carbocycles. The van der Waals surface area contributed by atoms with Crippen molar-refractivity contribution < 1.29 is 0 Å².